The number of ether oxygens (including phenoxy) is 1. The van der Waals surface area contributed by atoms with Gasteiger partial charge in [0.2, 0.25) is 10.0 Å². The third kappa shape index (κ3) is 4.25. The minimum absolute atomic E-state index is 0.173. The van der Waals surface area contributed by atoms with E-state index in [0.29, 0.717) is 28.5 Å². The molecule has 10 heteroatoms. The van der Waals surface area contributed by atoms with Crippen LogP contribution in [0.4, 0.5) is 13.2 Å². The van der Waals surface area contributed by atoms with Crippen LogP contribution in [0.15, 0.2) is 41.3 Å². The van der Waals surface area contributed by atoms with Gasteiger partial charge in [-0.15, -0.1) is 13.2 Å². The van der Waals surface area contributed by atoms with Gasteiger partial charge in [0.25, 0.3) is 0 Å². The Bertz CT molecular complexity index is 931. The third-order valence-corrected chi connectivity index (χ3v) is 5.96. The van der Waals surface area contributed by atoms with Gasteiger partial charge >= 0.3 is 6.36 Å². The van der Waals surface area contributed by atoms with Crippen molar-refractivity contribution in [2.75, 3.05) is 0 Å². The number of halogens is 5. The van der Waals surface area contributed by atoms with E-state index in [1.165, 1.54) is 0 Å². The van der Waals surface area contributed by atoms with Gasteiger partial charge in [0.05, 0.1) is 4.90 Å². The highest BCUT2D eigenvalue weighted by molar-refractivity contribution is 7.89. The molecule has 3 rings (SSSR count). The van der Waals surface area contributed by atoms with Gasteiger partial charge < -0.3 is 4.74 Å². The minimum Gasteiger partial charge on any atom is -0.406 e. The fourth-order valence-electron chi connectivity index (χ4n) is 2.84. The van der Waals surface area contributed by atoms with Gasteiger partial charge in [-0.1, -0.05) is 23.2 Å². The number of benzene rings is 2. The number of hydrogen-bond donors (Lipinski definition) is 1. The molecule has 0 amide bonds. The molecule has 26 heavy (non-hydrogen) atoms. The second-order valence-corrected chi connectivity index (χ2v) is 8.24. The van der Waals surface area contributed by atoms with Crippen LogP contribution in [0.2, 0.25) is 10.0 Å². The lowest BCUT2D eigenvalue weighted by Gasteiger charge is -2.15. The predicted molar refractivity (Wildman–Crippen MR) is 91.0 cm³/mol. The molecule has 0 bridgehead atoms. The van der Waals surface area contributed by atoms with Crippen molar-refractivity contribution in [1.82, 2.24) is 4.72 Å². The van der Waals surface area contributed by atoms with E-state index in [-0.39, 0.29) is 4.90 Å². The molecular weight excluding hydrogens is 414 g/mol. The molecule has 2 aromatic rings. The van der Waals surface area contributed by atoms with E-state index in [1.807, 2.05) is 0 Å². The molecule has 0 heterocycles. The van der Waals surface area contributed by atoms with E-state index < -0.39 is 28.2 Å². The molecule has 0 fully saturated rings. The maximum atomic E-state index is 12.5. The monoisotopic (exact) mass is 425 g/mol. The third-order valence-electron chi connectivity index (χ3n) is 3.92. The fraction of sp³-hybridized carbons (Fsp3) is 0.250. The van der Waals surface area contributed by atoms with E-state index in [1.54, 1.807) is 12.1 Å². The van der Waals surface area contributed by atoms with Crippen LogP contribution < -0.4 is 9.46 Å². The number of hydrogen-bond acceptors (Lipinski definition) is 3. The van der Waals surface area contributed by atoms with Crippen molar-refractivity contribution in [2.45, 2.75) is 30.1 Å². The van der Waals surface area contributed by atoms with Crippen LogP contribution in [0.1, 0.15) is 23.6 Å². The lowest BCUT2D eigenvalue weighted by Crippen LogP contribution is -2.27. The number of sulfonamides is 1. The maximum Gasteiger partial charge on any atom is 0.573 e. The van der Waals surface area contributed by atoms with E-state index in [0.717, 1.165) is 29.8 Å². The molecule has 0 radical (unpaired) electrons. The van der Waals surface area contributed by atoms with E-state index >= 15 is 0 Å². The molecule has 0 spiro atoms. The van der Waals surface area contributed by atoms with Crippen molar-refractivity contribution >= 4 is 33.2 Å². The molecule has 0 aliphatic heterocycles. The summed E-state index contributed by atoms with van der Waals surface area (Å²) in [6.07, 6.45) is -3.74. The number of nitrogens with one attached hydrogen (secondary N) is 1. The largest absolute Gasteiger partial charge is 0.573 e. The molecule has 0 aromatic heterocycles. The zero-order valence-corrected chi connectivity index (χ0v) is 15.3. The first-order chi connectivity index (χ1) is 12.0. The molecule has 1 N–H and O–H groups in total. The zero-order chi connectivity index (χ0) is 19.1. The summed E-state index contributed by atoms with van der Waals surface area (Å²) in [5.41, 5.74) is 1.53. The Morgan fingerprint density at radius 1 is 1.12 bits per heavy atom. The van der Waals surface area contributed by atoms with Crippen LogP contribution in [0.25, 0.3) is 0 Å². The highest BCUT2D eigenvalue weighted by Gasteiger charge is 2.32. The van der Waals surface area contributed by atoms with Gasteiger partial charge in [0, 0.05) is 16.1 Å². The molecule has 2 aromatic carbocycles. The average Bonchev–Trinajstić information content (AvgIpc) is 2.89. The zero-order valence-electron chi connectivity index (χ0n) is 13.0. The molecule has 4 nitrogen and oxygen atoms in total. The minimum atomic E-state index is -4.84. The van der Waals surface area contributed by atoms with Crippen molar-refractivity contribution in [3.8, 4) is 5.75 Å². The Morgan fingerprint density at radius 2 is 1.77 bits per heavy atom. The van der Waals surface area contributed by atoms with Crippen LogP contribution >= 0.6 is 23.2 Å². The Labute approximate surface area is 157 Å². The van der Waals surface area contributed by atoms with Crippen LogP contribution in [0.5, 0.6) is 5.75 Å². The molecule has 1 atom stereocenters. The van der Waals surface area contributed by atoms with Crippen molar-refractivity contribution in [2.24, 2.45) is 0 Å². The summed E-state index contributed by atoms with van der Waals surface area (Å²) in [5, 5.41) is 0.872. The molecule has 0 saturated heterocycles. The SMILES string of the molecule is O=S(=O)(NC1CCc2c(Cl)cc(Cl)cc21)c1ccc(OC(F)(F)F)cc1. The summed E-state index contributed by atoms with van der Waals surface area (Å²) in [7, 11) is -3.95. The first-order valence-electron chi connectivity index (χ1n) is 7.41. The van der Waals surface area contributed by atoms with Crippen molar-refractivity contribution in [3.05, 3.63) is 57.6 Å². The van der Waals surface area contributed by atoms with Gasteiger partial charge in [0.15, 0.2) is 0 Å². The highest BCUT2D eigenvalue weighted by Crippen LogP contribution is 2.38. The Morgan fingerprint density at radius 3 is 2.38 bits per heavy atom. The standard InChI is InChI=1S/C16H12Cl2F3NO3S/c17-9-7-13-12(14(18)8-9)5-6-15(13)22-26(23,24)11-3-1-10(2-4-11)25-16(19,20)21/h1-4,7-8,15,22H,5-6H2. The molecule has 1 unspecified atom stereocenters. The summed E-state index contributed by atoms with van der Waals surface area (Å²) in [4.78, 5) is -0.173. The summed E-state index contributed by atoms with van der Waals surface area (Å²) < 4.78 is 67.9. The fourth-order valence-corrected chi connectivity index (χ4v) is 4.69. The quantitative estimate of drug-likeness (QED) is 0.760. The topological polar surface area (TPSA) is 55.4 Å². The van der Waals surface area contributed by atoms with Crippen LogP contribution in [-0.2, 0) is 16.4 Å². The summed E-state index contributed by atoms with van der Waals surface area (Å²) in [6.45, 7) is 0. The second-order valence-electron chi connectivity index (χ2n) is 5.69. The summed E-state index contributed by atoms with van der Waals surface area (Å²) >= 11 is 12.1. The second kappa shape index (κ2) is 6.92. The molecule has 0 saturated carbocycles. The number of rotatable bonds is 4. The maximum absolute atomic E-state index is 12.5. The van der Waals surface area contributed by atoms with E-state index in [9.17, 15) is 21.6 Å². The smallest absolute Gasteiger partial charge is 0.406 e. The van der Waals surface area contributed by atoms with Gasteiger partial charge in [0.1, 0.15) is 5.75 Å². The Kier molecular flexibility index (Phi) is 5.13. The molecule has 1 aliphatic rings. The highest BCUT2D eigenvalue weighted by atomic mass is 35.5. The van der Waals surface area contributed by atoms with Gasteiger partial charge in [-0.05, 0) is 60.4 Å². The molecule has 1 aliphatic carbocycles. The van der Waals surface area contributed by atoms with Crippen LogP contribution in [-0.4, -0.2) is 14.8 Å². The van der Waals surface area contributed by atoms with Gasteiger partial charge in [-0.3, -0.25) is 0 Å². The number of alkyl halides is 3. The van der Waals surface area contributed by atoms with E-state index in [2.05, 4.69) is 9.46 Å². The average molecular weight is 426 g/mol. The Hall–Kier alpha value is -1.48. The normalized spacial score (nSPS) is 17.2. The van der Waals surface area contributed by atoms with Crippen molar-refractivity contribution in [1.29, 1.82) is 0 Å². The van der Waals surface area contributed by atoms with Crippen molar-refractivity contribution < 1.29 is 26.3 Å². The Balaban J connectivity index is 1.81. The lowest BCUT2D eigenvalue weighted by molar-refractivity contribution is -0.274. The van der Waals surface area contributed by atoms with Gasteiger partial charge in [-0.2, -0.15) is 0 Å². The lowest BCUT2D eigenvalue weighted by atomic mass is 10.1. The van der Waals surface area contributed by atoms with Crippen LogP contribution in [0.3, 0.4) is 0 Å². The summed E-state index contributed by atoms with van der Waals surface area (Å²) in [5.74, 6) is -0.499. The molecule has 140 valence electrons. The predicted octanol–water partition coefficient (Wildman–Crippen LogP) is 4.86. The first kappa shape index (κ1) is 19.3. The first-order valence-corrected chi connectivity index (χ1v) is 9.65. The van der Waals surface area contributed by atoms with Gasteiger partial charge in [-0.25, -0.2) is 13.1 Å². The summed E-state index contributed by atoms with van der Waals surface area (Å²) in [6, 6.07) is 6.71. The van der Waals surface area contributed by atoms with E-state index in [4.69, 9.17) is 23.2 Å². The van der Waals surface area contributed by atoms with Crippen molar-refractivity contribution in [3.63, 3.8) is 0 Å². The van der Waals surface area contributed by atoms with Crippen LogP contribution in [0, 0.1) is 0 Å². The number of fused-ring (bicyclic) bond motifs is 1. The molecular formula is C16H12Cl2F3NO3S.